The molecule has 2 amide bonds. The van der Waals surface area contributed by atoms with Gasteiger partial charge < -0.3 is 15.6 Å². The van der Waals surface area contributed by atoms with Crippen LogP contribution in [0.25, 0.3) is 0 Å². The Morgan fingerprint density at radius 2 is 2.12 bits per heavy atom. The molecule has 1 atom stereocenters. The van der Waals surface area contributed by atoms with Crippen LogP contribution in [-0.4, -0.2) is 39.7 Å². The standard InChI is InChI=1S/C16H21F2N4O4/c1-2-10(13(25)15-21-14(22-26-15)9-3-4-9)20-12(24)6-8-16(17,18)7-5-11(19)23/h6,9-10H,2-5,7-8H2,1H3,(H2,19,23)(H,20,24)/t10-/m0/s1. The van der Waals surface area contributed by atoms with E-state index >= 15 is 0 Å². The Labute approximate surface area is 148 Å². The Bertz CT molecular complexity index is 673. The molecule has 0 unspecified atom stereocenters. The van der Waals surface area contributed by atoms with Crippen LogP contribution >= 0.6 is 0 Å². The van der Waals surface area contributed by atoms with Crippen LogP contribution < -0.4 is 11.1 Å². The monoisotopic (exact) mass is 371 g/mol. The summed E-state index contributed by atoms with van der Waals surface area (Å²) in [6, 6.07) is -0.953. The Morgan fingerprint density at radius 1 is 1.42 bits per heavy atom. The van der Waals surface area contributed by atoms with Gasteiger partial charge in [-0.15, -0.1) is 0 Å². The molecule has 26 heavy (non-hydrogen) atoms. The number of nitrogens with two attached hydrogens (primary N) is 1. The van der Waals surface area contributed by atoms with Gasteiger partial charge in [0.2, 0.25) is 23.5 Å². The van der Waals surface area contributed by atoms with Gasteiger partial charge in [0, 0.05) is 25.2 Å². The average Bonchev–Trinajstić information content (AvgIpc) is 3.33. The zero-order valence-electron chi connectivity index (χ0n) is 14.3. The topological polar surface area (TPSA) is 128 Å². The zero-order chi connectivity index (χ0) is 19.3. The fraction of sp³-hybridized carbons (Fsp3) is 0.625. The van der Waals surface area contributed by atoms with Crippen LogP contribution in [0.15, 0.2) is 4.52 Å². The maximum atomic E-state index is 13.6. The van der Waals surface area contributed by atoms with Crippen LogP contribution in [0.4, 0.5) is 8.78 Å². The second kappa shape index (κ2) is 8.33. The molecule has 2 rings (SSSR count). The van der Waals surface area contributed by atoms with Crippen LogP contribution in [0, 0.1) is 6.42 Å². The summed E-state index contributed by atoms with van der Waals surface area (Å²) in [5.41, 5.74) is 4.83. The first kappa shape index (κ1) is 19.9. The number of nitrogens with zero attached hydrogens (tertiary/aromatic N) is 2. The summed E-state index contributed by atoms with van der Waals surface area (Å²) in [6.07, 6.45) is 0.800. The molecule has 143 valence electrons. The summed E-state index contributed by atoms with van der Waals surface area (Å²) in [5.74, 6) is -4.97. The lowest BCUT2D eigenvalue weighted by atomic mass is 10.1. The fourth-order valence-corrected chi connectivity index (χ4v) is 2.23. The van der Waals surface area contributed by atoms with E-state index in [0.717, 1.165) is 19.3 Å². The number of aromatic nitrogens is 2. The molecule has 0 aromatic carbocycles. The molecule has 0 spiro atoms. The number of nitrogens with one attached hydrogen (secondary N) is 1. The summed E-state index contributed by atoms with van der Waals surface area (Å²) >= 11 is 0. The molecule has 1 fully saturated rings. The van der Waals surface area contributed by atoms with Gasteiger partial charge in [-0.25, -0.2) is 8.78 Å². The van der Waals surface area contributed by atoms with E-state index in [1.807, 2.05) is 0 Å². The van der Waals surface area contributed by atoms with Crippen LogP contribution in [0.3, 0.4) is 0 Å². The highest BCUT2D eigenvalue weighted by Gasteiger charge is 2.33. The molecule has 1 heterocycles. The minimum atomic E-state index is -3.23. The van der Waals surface area contributed by atoms with Gasteiger partial charge in [-0.1, -0.05) is 12.1 Å². The van der Waals surface area contributed by atoms with Crippen molar-refractivity contribution < 1.29 is 27.7 Å². The third kappa shape index (κ3) is 5.85. The molecule has 1 aromatic heterocycles. The highest BCUT2D eigenvalue weighted by molar-refractivity contribution is 5.99. The van der Waals surface area contributed by atoms with Crippen molar-refractivity contribution in [2.24, 2.45) is 5.73 Å². The average molecular weight is 371 g/mol. The normalized spacial score (nSPS) is 15.5. The highest BCUT2D eigenvalue weighted by atomic mass is 19.3. The van der Waals surface area contributed by atoms with E-state index < -0.39 is 48.8 Å². The molecule has 1 radical (unpaired) electrons. The van der Waals surface area contributed by atoms with Gasteiger partial charge in [0.15, 0.2) is 5.82 Å². The number of ketones is 1. The van der Waals surface area contributed by atoms with Crippen molar-refractivity contribution in [1.82, 2.24) is 15.5 Å². The minimum Gasteiger partial charge on any atom is -0.370 e. The number of primary amides is 1. The van der Waals surface area contributed by atoms with Gasteiger partial charge in [0.25, 0.3) is 5.89 Å². The predicted molar refractivity (Wildman–Crippen MR) is 85.1 cm³/mol. The number of rotatable bonds is 11. The molecule has 0 bridgehead atoms. The Kier molecular flexibility index (Phi) is 6.38. The van der Waals surface area contributed by atoms with E-state index in [-0.39, 0.29) is 18.2 Å². The van der Waals surface area contributed by atoms with Crippen molar-refractivity contribution in [3.63, 3.8) is 0 Å². The molecule has 0 saturated heterocycles. The smallest absolute Gasteiger partial charge is 0.296 e. The van der Waals surface area contributed by atoms with Gasteiger partial charge in [-0.05, 0) is 19.3 Å². The highest BCUT2D eigenvalue weighted by Crippen LogP contribution is 2.38. The summed E-state index contributed by atoms with van der Waals surface area (Å²) in [7, 11) is 0. The van der Waals surface area contributed by atoms with Gasteiger partial charge in [-0.3, -0.25) is 14.4 Å². The van der Waals surface area contributed by atoms with E-state index in [1.165, 1.54) is 0 Å². The quantitative estimate of drug-likeness (QED) is 0.568. The Balaban J connectivity index is 1.84. The largest absolute Gasteiger partial charge is 0.370 e. The van der Waals surface area contributed by atoms with Crippen molar-refractivity contribution in [1.29, 1.82) is 0 Å². The molecule has 3 N–H and O–H groups in total. The predicted octanol–water partition coefficient (Wildman–Crippen LogP) is 1.52. The summed E-state index contributed by atoms with van der Waals surface area (Å²) in [4.78, 5) is 38.8. The van der Waals surface area contributed by atoms with Crippen molar-refractivity contribution in [3.8, 4) is 0 Å². The molecular formula is C16H21F2N4O4. The SMILES string of the molecule is CC[C@H](NC(=O)[CH]CC(F)(F)CCC(N)=O)C(=O)c1nc(C2CC2)no1. The van der Waals surface area contributed by atoms with Crippen LogP contribution in [0.1, 0.15) is 67.9 Å². The lowest BCUT2D eigenvalue weighted by molar-refractivity contribution is -0.120. The first-order chi connectivity index (χ1) is 12.2. The molecule has 1 aliphatic rings. The molecule has 1 aliphatic carbocycles. The van der Waals surface area contributed by atoms with Crippen molar-refractivity contribution >= 4 is 17.6 Å². The molecule has 8 nitrogen and oxygen atoms in total. The number of halogens is 2. The third-order valence-corrected chi connectivity index (χ3v) is 3.96. The summed E-state index contributed by atoms with van der Waals surface area (Å²) < 4.78 is 32.0. The summed E-state index contributed by atoms with van der Waals surface area (Å²) in [6.45, 7) is 1.66. The molecular weight excluding hydrogens is 350 g/mol. The van der Waals surface area contributed by atoms with E-state index in [0.29, 0.717) is 5.82 Å². The fourth-order valence-electron chi connectivity index (χ4n) is 2.23. The molecule has 1 saturated carbocycles. The second-order valence-electron chi connectivity index (χ2n) is 6.30. The molecule has 1 aromatic rings. The Morgan fingerprint density at radius 3 is 2.69 bits per heavy atom. The van der Waals surface area contributed by atoms with Crippen LogP contribution in [-0.2, 0) is 9.59 Å². The number of alkyl halides is 2. The minimum absolute atomic E-state index is 0.203. The number of Topliss-reactive ketones (excluding diaryl/α,β-unsaturated/α-hetero) is 1. The van der Waals surface area contributed by atoms with Crippen molar-refractivity contribution in [3.05, 3.63) is 18.1 Å². The lowest BCUT2D eigenvalue weighted by Crippen LogP contribution is -2.41. The lowest BCUT2D eigenvalue weighted by Gasteiger charge is -2.17. The zero-order valence-corrected chi connectivity index (χ0v) is 14.3. The van der Waals surface area contributed by atoms with Gasteiger partial charge in [-0.2, -0.15) is 4.98 Å². The first-order valence-corrected chi connectivity index (χ1v) is 8.39. The molecule has 0 aliphatic heterocycles. The number of hydrogen-bond acceptors (Lipinski definition) is 6. The van der Waals surface area contributed by atoms with Crippen LogP contribution in [0.5, 0.6) is 0 Å². The number of amides is 2. The molecule has 10 heteroatoms. The van der Waals surface area contributed by atoms with E-state index in [2.05, 4.69) is 15.5 Å². The van der Waals surface area contributed by atoms with Gasteiger partial charge in [0.05, 0.1) is 12.5 Å². The third-order valence-electron chi connectivity index (χ3n) is 3.96. The maximum Gasteiger partial charge on any atom is 0.296 e. The summed E-state index contributed by atoms with van der Waals surface area (Å²) in [5, 5.41) is 6.09. The number of hydrogen-bond donors (Lipinski definition) is 2. The van der Waals surface area contributed by atoms with Gasteiger partial charge >= 0.3 is 0 Å². The van der Waals surface area contributed by atoms with E-state index in [1.54, 1.807) is 6.92 Å². The van der Waals surface area contributed by atoms with Gasteiger partial charge in [0.1, 0.15) is 0 Å². The van der Waals surface area contributed by atoms with Crippen molar-refractivity contribution in [2.75, 3.05) is 0 Å². The van der Waals surface area contributed by atoms with Crippen LogP contribution in [0.2, 0.25) is 0 Å². The van der Waals surface area contributed by atoms with Crippen molar-refractivity contribution in [2.45, 2.75) is 63.3 Å². The Hall–Kier alpha value is -2.39. The number of carbonyl (C=O) groups is 3. The van der Waals surface area contributed by atoms with E-state index in [4.69, 9.17) is 10.3 Å². The second-order valence-corrected chi connectivity index (χ2v) is 6.30. The first-order valence-electron chi connectivity index (χ1n) is 8.39. The maximum absolute atomic E-state index is 13.6. The number of carbonyl (C=O) groups excluding carboxylic acids is 3. The van der Waals surface area contributed by atoms with E-state index in [9.17, 15) is 23.2 Å².